The van der Waals surface area contributed by atoms with E-state index in [1.165, 1.54) is 5.56 Å². The molecule has 1 aliphatic rings. The van der Waals surface area contributed by atoms with Gasteiger partial charge in [0.15, 0.2) is 9.84 Å². The van der Waals surface area contributed by atoms with Crippen LogP contribution in [0.2, 0.25) is 0 Å². The lowest BCUT2D eigenvalue weighted by Crippen LogP contribution is -2.17. The SMILES string of the molecule is CCS(=O)(=O)[C@@H]1[C@@H](N)[C@@H]1c1ccc(C)cc1. The van der Waals surface area contributed by atoms with Crippen molar-refractivity contribution in [1.82, 2.24) is 0 Å². The van der Waals surface area contributed by atoms with E-state index < -0.39 is 9.84 Å². The van der Waals surface area contributed by atoms with Gasteiger partial charge >= 0.3 is 0 Å². The molecule has 88 valence electrons. The predicted molar refractivity (Wildman–Crippen MR) is 65.1 cm³/mol. The summed E-state index contributed by atoms with van der Waals surface area (Å²) in [5.41, 5.74) is 8.08. The average molecular weight is 239 g/mol. The summed E-state index contributed by atoms with van der Waals surface area (Å²) >= 11 is 0. The van der Waals surface area contributed by atoms with Gasteiger partial charge in [-0.15, -0.1) is 0 Å². The first-order valence-corrected chi connectivity index (χ1v) is 7.22. The third-order valence-corrected chi connectivity index (χ3v) is 5.53. The summed E-state index contributed by atoms with van der Waals surface area (Å²) in [4.78, 5) is 0. The predicted octanol–water partition coefficient (Wildman–Crippen LogP) is 1.22. The minimum atomic E-state index is -3.01. The van der Waals surface area contributed by atoms with Crippen LogP contribution in [0.1, 0.15) is 24.0 Å². The molecule has 0 aliphatic heterocycles. The fraction of sp³-hybridized carbons (Fsp3) is 0.500. The van der Waals surface area contributed by atoms with E-state index in [1.54, 1.807) is 6.92 Å². The molecule has 1 saturated carbocycles. The molecule has 0 unspecified atom stereocenters. The fourth-order valence-corrected chi connectivity index (χ4v) is 3.89. The van der Waals surface area contributed by atoms with Crippen LogP contribution in [0.5, 0.6) is 0 Å². The Morgan fingerprint density at radius 3 is 2.31 bits per heavy atom. The molecule has 0 heterocycles. The molecule has 0 spiro atoms. The second-order valence-electron chi connectivity index (χ2n) is 4.43. The fourth-order valence-electron chi connectivity index (χ4n) is 2.16. The standard InChI is InChI=1S/C12H17NO2S/c1-3-16(14,15)12-10(11(12)13)9-6-4-8(2)5-7-9/h4-7,10-12H,3,13H2,1-2H3/t10-,11-,12-/m0/s1. The highest BCUT2D eigenvalue weighted by molar-refractivity contribution is 7.92. The first-order chi connectivity index (χ1) is 7.47. The van der Waals surface area contributed by atoms with Gasteiger partial charge in [0.1, 0.15) is 0 Å². The van der Waals surface area contributed by atoms with Crippen LogP contribution in [0, 0.1) is 6.92 Å². The molecule has 2 N–H and O–H groups in total. The maximum atomic E-state index is 11.7. The van der Waals surface area contributed by atoms with Gasteiger partial charge in [-0.05, 0) is 12.5 Å². The number of nitrogens with two attached hydrogens (primary N) is 1. The maximum Gasteiger partial charge on any atom is 0.155 e. The van der Waals surface area contributed by atoms with Crippen LogP contribution in [0.4, 0.5) is 0 Å². The van der Waals surface area contributed by atoms with Crippen molar-refractivity contribution in [3.63, 3.8) is 0 Å². The summed E-state index contributed by atoms with van der Waals surface area (Å²) in [6, 6.07) is 7.72. The van der Waals surface area contributed by atoms with Crippen LogP contribution < -0.4 is 5.73 Å². The second kappa shape index (κ2) is 3.86. The van der Waals surface area contributed by atoms with Crippen molar-refractivity contribution in [2.24, 2.45) is 5.73 Å². The molecular weight excluding hydrogens is 222 g/mol. The molecule has 4 heteroatoms. The number of aryl methyl sites for hydroxylation is 1. The van der Waals surface area contributed by atoms with Gasteiger partial charge in [-0.2, -0.15) is 0 Å². The van der Waals surface area contributed by atoms with Gasteiger partial charge in [-0.3, -0.25) is 0 Å². The van der Waals surface area contributed by atoms with Crippen molar-refractivity contribution in [2.75, 3.05) is 5.75 Å². The normalized spacial score (nSPS) is 29.1. The molecule has 1 aromatic carbocycles. The van der Waals surface area contributed by atoms with Crippen LogP contribution in [0.3, 0.4) is 0 Å². The Balaban J connectivity index is 2.24. The number of hydrogen-bond donors (Lipinski definition) is 1. The number of benzene rings is 1. The Labute approximate surface area is 96.6 Å². The largest absolute Gasteiger partial charge is 0.326 e. The Morgan fingerprint density at radius 1 is 1.25 bits per heavy atom. The average Bonchev–Trinajstić information content (AvgIpc) is 2.92. The molecule has 0 aromatic heterocycles. The highest BCUT2D eigenvalue weighted by Crippen LogP contribution is 2.45. The first kappa shape index (κ1) is 11.6. The topological polar surface area (TPSA) is 60.2 Å². The lowest BCUT2D eigenvalue weighted by molar-refractivity contribution is 0.594. The summed E-state index contributed by atoms with van der Waals surface area (Å²) < 4.78 is 23.5. The molecule has 2 rings (SSSR count). The third kappa shape index (κ3) is 1.87. The first-order valence-electron chi connectivity index (χ1n) is 5.51. The molecule has 3 nitrogen and oxygen atoms in total. The minimum Gasteiger partial charge on any atom is -0.326 e. The Bertz CT molecular complexity index is 478. The third-order valence-electron chi connectivity index (χ3n) is 3.29. The Morgan fingerprint density at radius 2 is 1.81 bits per heavy atom. The van der Waals surface area contributed by atoms with E-state index in [4.69, 9.17) is 5.73 Å². The quantitative estimate of drug-likeness (QED) is 0.863. The van der Waals surface area contributed by atoms with Gasteiger partial charge in [0.25, 0.3) is 0 Å². The number of sulfone groups is 1. The van der Waals surface area contributed by atoms with Gasteiger partial charge in [0, 0.05) is 17.7 Å². The van der Waals surface area contributed by atoms with Crippen LogP contribution in [0.15, 0.2) is 24.3 Å². The molecule has 16 heavy (non-hydrogen) atoms. The molecule has 0 bridgehead atoms. The highest BCUT2D eigenvalue weighted by atomic mass is 32.2. The molecule has 0 saturated heterocycles. The lowest BCUT2D eigenvalue weighted by Gasteiger charge is -2.01. The van der Waals surface area contributed by atoms with Crippen molar-refractivity contribution in [2.45, 2.75) is 31.1 Å². The lowest BCUT2D eigenvalue weighted by atomic mass is 10.1. The zero-order valence-electron chi connectivity index (χ0n) is 9.55. The van der Waals surface area contributed by atoms with Crippen molar-refractivity contribution < 1.29 is 8.42 Å². The van der Waals surface area contributed by atoms with Crippen LogP contribution >= 0.6 is 0 Å². The monoisotopic (exact) mass is 239 g/mol. The summed E-state index contributed by atoms with van der Waals surface area (Å²) in [7, 11) is -3.01. The van der Waals surface area contributed by atoms with Gasteiger partial charge in [-0.25, -0.2) is 8.42 Å². The van der Waals surface area contributed by atoms with Gasteiger partial charge < -0.3 is 5.73 Å². The molecule has 1 aliphatic carbocycles. The summed E-state index contributed by atoms with van der Waals surface area (Å²) in [5, 5.41) is -0.375. The van der Waals surface area contributed by atoms with Gasteiger partial charge in [-0.1, -0.05) is 36.8 Å². The number of rotatable bonds is 3. The molecule has 1 aromatic rings. The molecule has 0 amide bonds. The van der Waals surface area contributed by atoms with Crippen molar-refractivity contribution in [3.8, 4) is 0 Å². The summed E-state index contributed by atoms with van der Waals surface area (Å²) in [6.07, 6.45) is 0. The Kier molecular flexibility index (Phi) is 2.80. The molecule has 0 radical (unpaired) electrons. The van der Waals surface area contributed by atoms with Crippen LogP contribution in [0.25, 0.3) is 0 Å². The van der Waals surface area contributed by atoms with E-state index in [9.17, 15) is 8.42 Å². The summed E-state index contributed by atoms with van der Waals surface area (Å²) in [6.45, 7) is 3.68. The van der Waals surface area contributed by atoms with E-state index >= 15 is 0 Å². The van der Waals surface area contributed by atoms with Crippen molar-refractivity contribution in [1.29, 1.82) is 0 Å². The minimum absolute atomic E-state index is 0.00875. The van der Waals surface area contributed by atoms with Crippen LogP contribution in [-0.4, -0.2) is 25.5 Å². The van der Waals surface area contributed by atoms with Crippen LogP contribution in [-0.2, 0) is 9.84 Å². The van der Waals surface area contributed by atoms with Gasteiger partial charge in [0.05, 0.1) is 5.25 Å². The maximum absolute atomic E-state index is 11.7. The van der Waals surface area contributed by atoms with Crippen molar-refractivity contribution in [3.05, 3.63) is 35.4 Å². The zero-order valence-corrected chi connectivity index (χ0v) is 10.4. The van der Waals surface area contributed by atoms with Crippen molar-refractivity contribution >= 4 is 9.84 Å². The highest BCUT2D eigenvalue weighted by Gasteiger charge is 2.55. The van der Waals surface area contributed by atoms with Gasteiger partial charge in [0.2, 0.25) is 0 Å². The molecule has 3 atom stereocenters. The number of hydrogen-bond acceptors (Lipinski definition) is 3. The second-order valence-corrected chi connectivity index (χ2v) is 6.88. The summed E-state index contributed by atoms with van der Waals surface area (Å²) in [5.74, 6) is 0.166. The molecule has 1 fully saturated rings. The molecular formula is C12H17NO2S. The zero-order chi connectivity index (χ0) is 11.9. The van der Waals surface area contributed by atoms with E-state index in [0.29, 0.717) is 0 Å². The van der Waals surface area contributed by atoms with E-state index in [-0.39, 0.29) is 23.0 Å². The smallest absolute Gasteiger partial charge is 0.155 e. The van der Waals surface area contributed by atoms with E-state index in [1.807, 2.05) is 31.2 Å². The van der Waals surface area contributed by atoms with E-state index in [2.05, 4.69) is 0 Å². The Hall–Kier alpha value is -0.870. The van der Waals surface area contributed by atoms with E-state index in [0.717, 1.165) is 5.56 Å².